The molecule has 0 saturated heterocycles. The summed E-state index contributed by atoms with van der Waals surface area (Å²) < 4.78 is 0. The fourth-order valence-corrected chi connectivity index (χ4v) is 1.82. The average molecular weight is 242 g/mol. The van der Waals surface area contributed by atoms with Crippen LogP contribution in [0.25, 0.3) is 0 Å². The lowest BCUT2D eigenvalue weighted by molar-refractivity contribution is 0.821. The summed E-state index contributed by atoms with van der Waals surface area (Å²) in [5, 5.41) is 20.6. The van der Waals surface area contributed by atoms with E-state index >= 15 is 0 Å². The first-order valence-electron chi connectivity index (χ1n) is 6.22. The van der Waals surface area contributed by atoms with Crippen molar-refractivity contribution in [2.45, 2.75) is 46.1 Å². The molecule has 0 amide bonds. The fraction of sp³-hybridized carbons (Fsp3) is 0.500. The van der Waals surface area contributed by atoms with E-state index in [1.54, 1.807) is 0 Å². The SMILES string of the molecule is C#CC(CC)Nc1nnc(CC)c(CC)c1C#N. The average Bonchev–Trinajstić information content (AvgIpc) is 2.43. The predicted octanol–water partition coefficient (Wildman–Crippen LogP) is 2.30. The van der Waals surface area contributed by atoms with Crippen molar-refractivity contribution >= 4 is 5.82 Å². The van der Waals surface area contributed by atoms with E-state index in [1.165, 1.54) is 0 Å². The molecule has 0 fully saturated rings. The number of rotatable bonds is 5. The van der Waals surface area contributed by atoms with E-state index in [4.69, 9.17) is 6.42 Å². The highest BCUT2D eigenvalue weighted by molar-refractivity contribution is 5.57. The summed E-state index contributed by atoms with van der Waals surface area (Å²) in [6.45, 7) is 6.01. The third-order valence-corrected chi connectivity index (χ3v) is 2.88. The standard InChI is InChI=1S/C14H18N4/c1-5-10(6-2)16-14-12(9-15)11(7-3)13(8-4)17-18-14/h1,10H,6-8H2,2-4H3,(H,16,18). The number of nitrogens with zero attached hydrogens (tertiary/aromatic N) is 3. The van der Waals surface area contributed by atoms with E-state index in [1.807, 2.05) is 20.8 Å². The van der Waals surface area contributed by atoms with E-state index in [2.05, 4.69) is 27.5 Å². The van der Waals surface area contributed by atoms with Crippen molar-refractivity contribution < 1.29 is 0 Å². The monoisotopic (exact) mass is 242 g/mol. The Balaban J connectivity index is 3.22. The minimum absolute atomic E-state index is 0.122. The van der Waals surface area contributed by atoms with Crippen LogP contribution in [0.4, 0.5) is 5.82 Å². The second-order valence-electron chi connectivity index (χ2n) is 3.94. The quantitative estimate of drug-likeness (QED) is 0.805. The number of hydrogen-bond acceptors (Lipinski definition) is 4. The Bertz CT molecular complexity index is 494. The Hall–Kier alpha value is -2.07. The molecule has 0 aromatic carbocycles. The molecule has 94 valence electrons. The van der Waals surface area contributed by atoms with Gasteiger partial charge in [-0.2, -0.15) is 10.4 Å². The van der Waals surface area contributed by atoms with E-state index in [9.17, 15) is 5.26 Å². The molecule has 1 aromatic rings. The molecular weight excluding hydrogens is 224 g/mol. The van der Waals surface area contributed by atoms with Gasteiger partial charge in [-0.3, -0.25) is 0 Å². The lowest BCUT2D eigenvalue weighted by Crippen LogP contribution is -2.19. The summed E-state index contributed by atoms with van der Waals surface area (Å²) in [7, 11) is 0. The number of aryl methyl sites for hydroxylation is 1. The van der Waals surface area contributed by atoms with Gasteiger partial charge >= 0.3 is 0 Å². The molecule has 1 N–H and O–H groups in total. The van der Waals surface area contributed by atoms with Crippen LogP contribution >= 0.6 is 0 Å². The fourth-order valence-electron chi connectivity index (χ4n) is 1.82. The highest BCUT2D eigenvalue weighted by Gasteiger charge is 2.15. The Morgan fingerprint density at radius 1 is 1.28 bits per heavy atom. The number of hydrogen-bond donors (Lipinski definition) is 1. The summed E-state index contributed by atoms with van der Waals surface area (Å²) in [4.78, 5) is 0. The van der Waals surface area contributed by atoms with Crippen LogP contribution in [0.2, 0.25) is 0 Å². The lowest BCUT2D eigenvalue weighted by Gasteiger charge is -2.15. The van der Waals surface area contributed by atoms with Crippen LogP contribution < -0.4 is 5.32 Å². The molecule has 18 heavy (non-hydrogen) atoms. The Morgan fingerprint density at radius 2 is 2.00 bits per heavy atom. The summed E-state index contributed by atoms with van der Waals surface area (Å²) in [5.41, 5.74) is 2.41. The minimum atomic E-state index is -0.122. The zero-order valence-corrected chi connectivity index (χ0v) is 11.1. The summed E-state index contributed by atoms with van der Waals surface area (Å²) in [6, 6.07) is 2.09. The molecule has 1 aromatic heterocycles. The molecule has 4 heteroatoms. The third-order valence-electron chi connectivity index (χ3n) is 2.88. The van der Waals surface area contributed by atoms with Gasteiger partial charge < -0.3 is 5.32 Å². The van der Waals surface area contributed by atoms with Crippen LogP contribution in [0, 0.1) is 23.7 Å². The molecule has 0 spiro atoms. The highest BCUT2D eigenvalue weighted by Crippen LogP contribution is 2.20. The van der Waals surface area contributed by atoms with Crippen LogP contribution in [-0.2, 0) is 12.8 Å². The van der Waals surface area contributed by atoms with Gasteiger partial charge in [-0.05, 0) is 24.8 Å². The molecule has 4 nitrogen and oxygen atoms in total. The predicted molar refractivity (Wildman–Crippen MR) is 72.0 cm³/mol. The number of nitriles is 1. The Labute approximate surface area is 108 Å². The highest BCUT2D eigenvalue weighted by atomic mass is 15.2. The minimum Gasteiger partial charge on any atom is -0.354 e. The van der Waals surface area contributed by atoms with Crippen molar-refractivity contribution in [3.8, 4) is 18.4 Å². The molecule has 0 saturated carbocycles. The maximum Gasteiger partial charge on any atom is 0.167 e. The van der Waals surface area contributed by atoms with Crippen LogP contribution in [0.15, 0.2) is 0 Å². The largest absolute Gasteiger partial charge is 0.354 e. The van der Waals surface area contributed by atoms with Gasteiger partial charge in [0.05, 0.1) is 11.7 Å². The van der Waals surface area contributed by atoms with Gasteiger partial charge in [-0.1, -0.05) is 26.7 Å². The Morgan fingerprint density at radius 3 is 2.44 bits per heavy atom. The van der Waals surface area contributed by atoms with Crippen molar-refractivity contribution in [1.82, 2.24) is 10.2 Å². The van der Waals surface area contributed by atoms with E-state index in [0.717, 1.165) is 30.5 Å². The molecule has 0 aliphatic carbocycles. The molecule has 0 aliphatic rings. The van der Waals surface area contributed by atoms with Gasteiger partial charge in [0.15, 0.2) is 5.82 Å². The molecule has 1 heterocycles. The molecule has 0 radical (unpaired) electrons. The molecular formula is C14H18N4. The normalized spacial score (nSPS) is 11.4. The van der Waals surface area contributed by atoms with Gasteiger partial charge in [0, 0.05) is 0 Å². The van der Waals surface area contributed by atoms with Gasteiger partial charge in [-0.25, -0.2) is 0 Å². The molecule has 1 unspecified atom stereocenters. The summed E-state index contributed by atoms with van der Waals surface area (Å²) in [5.74, 6) is 3.13. The molecule has 1 atom stereocenters. The van der Waals surface area contributed by atoms with Crippen LogP contribution in [-0.4, -0.2) is 16.2 Å². The van der Waals surface area contributed by atoms with E-state index in [-0.39, 0.29) is 6.04 Å². The first-order valence-corrected chi connectivity index (χ1v) is 6.22. The first kappa shape index (κ1) is 14.0. The Kier molecular flexibility index (Phi) is 5.14. The molecule has 1 rings (SSSR count). The van der Waals surface area contributed by atoms with Crippen LogP contribution in [0.1, 0.15) is 44.0 Å². The summed E-state index contributed by atoms with van der Waals surface area (Å²) in [6.07, 6.45) is 7.73. The van der Waals surface area contributed by atoms with Gasteiger partial charge in [0.2, 0.25) is 0 Å². The van der Waals surface area contributed by atoms with Gasteiger partial charge in [-0.15, -0.1) is 11.5 Å². The van der Waals surface area contributed by atoms with Crippen molar-refractivity contribution in [1.29, 1.82) is 5.26 Å². The maximum absolute atomic E-state index is 9.30. The van der Waals surface area contributed by atoms with E-state index < -0.39 is 0 Å². The van der Waals surface area contributed by atoms with Gasteiger partial charge in [0.1, 0.15) is 11.6 Å². The number of aromatic nitrogens is 2. The van der Waals surface area contributed by atoms with Crippen molar-refractivity contribution in [3.05, 3.63) is 16.8 Å². The van der Waals surface area contributed by atoms with E-state index in [0.29, 0.717) is 11.4 Å². The first-order chi connectivity index (χ1) is 8.71. The number of nitrogens with one attached hydrogen (secondary N) is 1. The third kappa shape index (κ3) is 2.78. The topological polar surface area (TPSA) is 61.6 Å². The van der Waals surface area contributed by atoms with Crippen molar-refractivity contribution in [2.75, 3.05) is 5.32 Å². The second kappa shape index (κ2) is 6.61. The molecule has 0 aliphatic heterocycles. The van der Waals surface area contributed by atoms with Gasteiger partial charge in [0.25, 0.3) is 0 Å². The second-order valence-corrected chi connectivity index (χ2v) is 3.94. The van der Waals surface area contributed by atoms with Crippen LogP contribution in [0.3, 0.4) is 0 Å². The zero-order chi connectivity index (χ0) is 13.5. The summed E-state index contributed by atoms with van der Waals surface area (Å²) >= 11 is 0. The van der Waals surface area contributed by atoms with Crippen LogP contribution in [0.5, 0.6) is 0 Å². The number of anilines is 1. The van der Waals surface area contributed by atoms with Crippen molar-refractivity contribution in [3.63, 3.8) is 0 Å². The smallest absolute Gasteiger partial charge is 0.167 e. The molecule has 0 bridgehead atoms. The maximum atomic E-state index is 9.30. The van der Waals surface area contributed by atoms with Crippen molar-refractivity contribution in [2.24, 2.45) is 0 Å². The zero-order valence-electron chi connectivity index (χ0n) is 11.1. The number of terminal acetylenes is 1. The lowest BCUT2D eigenvalue weighted by atomic mass is 10.0.